The summed E-state index contributed by atoms with van der Waals surface area (Å²) in [5.74, 6) is -0.302. The number of aromatic hydroxyl groups is 1. The van der Waals surface area contributed by atoms with Crippen LogP contribution in [0, 0.1) is 18.3 Å². The minimum atomic E-state index is -0.308. The SMILES string of the molecule is CC.Cc1c(C(=O)Nc2ccc(O)cc2)cc(-c2cc(C#N)ccc2C(=O)N2Cc3ccccc3C[C@H]2CN2CCOCC2)n1C. The Hall–Kier alpha value is -4.91. The Bertz CT molecular complexity index is 1750. The van der Waals surface area contributed by atoms with Gasteiger partial charge in [0.15, 0.2) is 0 Å². The number of carbonyl (C=O) groups is 2. The van der Waals surface area contributed by atoms with Gasteiger partial charge in [-0.05, 0) is 73.0 Å². The van der Waals surface area contributed by atoms with E-state index in [1.165, 1.54) is 17.7 Å². The molecule has 2 N–H and O–H groups in total. The van der Waals surface area contributed by atoms with E-state index in [4.69, 9.17) is 4.74 Å². The lowest BCUT2D eigenvalue weighted by atomic mass is 9.91. The summed E-state index contributed by atoms with van der Waals surface area (Å²) in [6.45, 7) is 10.1. The molecule has 0 radical (unpaired) electrons. The number of ether oxygens (including phenoxy) is 1. The highest BCUT2D eigenvalue weighted by Crippen LogP contribution is 2.33. The van der Waals surface area contributed by atoms with Gasteiger partial charge >= 0.3 is 0 Å². The quantitative estimate of drug-likeness (QED) is 0.266. The number of hydrogen-bond acceptors (Lipinski definition) is 6. The maximum absolute atomic E-state index is 14.6. The number of fused-ring (bicyclic) bond motifs is 1. The molecule has 46 heavy (non-hydrogen) atoms. The Kier molecular flexibility index (Phi) is 10.2. The molecule has 0 bridgehead atoms. The number of hydrogen-bond donors (Lipinski definition) is 2. The second kappa shape index (κ2) is 14.5. The molecular formula is C37H41N5O4. The van der Waals surface area contributed by atoms with Crippen LogP contribution in [0.15, 0.2) is 72.8 Å². The zero-order valence-corrected chi connectivity index (χ0v) is 26.9. The molecule has 3 heterocycles. The minimum absolute atomic E-state index is 0.0270. The molecule has 0 unspecified atom stereocenters. The molecule has 2 aliphatic heterocycles. The lowest BCUT2D eigenvalue weighted by Crippen LogP contribution is -2.52. The molecule has 0 spiro atoms. The third kappa shape index (κ3) is 6.84. The van der Waals surface area contributed by atoms with Crippen molar-refractivity contribution in [2.75, 3.05) is 38.2 Å². The van der Waals surface area contributed by atoms with Crippen LogP contribution in [0.4, 0.5) is 5.69 Å². The van der Waals surface area contributed by atoms with Gasteiger partial charge in [0.1, 0.15) is 5.75 Å². The van der Waals surface area contributed by atoms with Crippen molar-refractivity contribution in [3.05, 3.63) is 106 Å². The molecule has 0 aliphatic carbocycles. The first-order valence-corrected chi connectivity index (χ1v) is 15.8. The standard InChI is InChI=1S/C35H35N5O4.C2H6/c1-23-31(34(42)37-27-8-10-29(41)11-9-27)19-33(38(23)2)32-17-24(20-36)7-12-30(32)35(43)40-21-26-6-4-3-5-25(26)18-28(40)22-39-13-15-44-16-14-39;1-2/h3-12,17,19,28,41H,13-16,18,21-22H2,1-2H3,(H,37,42);1-2H3/t28-;/m0./s1. The summed E-state index contributed by atoms with van der Waals surface area (Å²) in [5.41, 5.74) is 6.31. The summed E-state index contributed by atoms with van der Waals surface area (Å²) in [4.78, 5) is 32.2. The second-order valence-electron chi connectivity index (χ2n) is 11.4. The number of morpholine rings is 1. The predicted octanol–water partition coefficient (Wildman–Crippen LogP) is 5.76. The number of phenols is 1. The first-order chi connectivity index (χ1) is 22.3. The van der Waals surface area contributed by atoms with Gasteiger partial charge in [-0.3, -0.25) is 14.5 Å². The Morgan fingerprint density at radius 3 is 2.37 bits per heavy atom. The number of phenolic OH excluding ortho intramolecular Hbond substituents is 1. The summed E-state index contributed by atoms with van der Waals surface area (Å²) < 4.78 is 7.45. The number of anilines is 1. The van der Waals surface area contributed by atoms with Crippen molar-refractivity contribution in [3.63, 3.8) is 0 Å². The number of carbonyl (C=O) groups excluding carboxylic acids is 2. The molecule has 1 aromatic heterocycles. The van der Waals surface area contributed by atoms with E-state index in [0.29, 0.717) is 59.1 Å². The van der Waals surface area contributed by atoms with Crippen LogP contribution in [0.5, 0.6) is 5.75 Å². The van der Waals surface area contributed by atoms with Crippen LogP contribution in [0.3, 0.4) is 0 Å². The molecule has 238 valence electrons. The molecule has 1 fully saturated rings. The van der Waals surface area contributed by atoms with E-state index in [0.717, 1.165) is 31.6 Å². The van der Waals surface area contributed by atoms with Crippen LogP contribution in [0.1, 0.15) is 56.9 Å². The lowest BCUT2D eigenvalue weighted by molar-refractivity contribution is 0.0193. The van der Waals surface area contributed by atoms with Crippen molar-refractivity contribution < 1.29 is 19.4 Å². The molecule has 2 amide bonds. The molecular weight excluding hydrogens is 578 g/mol. The molecule has 6 rings (SSSR count). The average Bonchev–Trinajstić information content (AvgIpc) is 3.39. The fourth-order valence-corrected chi connectivity index (χ4v) is 6.17. The molecule has 9 heteroatoms. The molecule has 1 saturated heterocycles. The van der Waals surface area contributed by atoms with Crippen molar-refractivity contribution in [2.45, 2.75) is 39.8 Å². The molecule has 0 saturated carbocycles. The van der Waals surface area contributed by atoms with Gasteiger partial charge in [-0.25, -0.2) is 0 Å². The Morgan fingerprint density at radius 1 is 0.978 bits per heavy atom. The number of aromatic nitrogens is 1. The number of benzene rings is 3. The number of rotatable bonds is 6. The van der Waals surface area contributed by atoms with Gasteiger partial charge in [-0.1, -0.05) is 38.1 Å². The van der Waals surface area contributed by atoms with Crippen molar-refractivity contribution in [1.29, 1.82) is 5.26 Å². The van der Waals surface area contributed by atoms with Gasteiger partial charge in [0.05, 0.1) is 30.4 Å². The van der Waals surface area contributed by atoms with Gasteiger partial charge < -0.3 is 24.6 Å². The fraction of sp³-hybridized carbons (Fsp3) is 0.324. The van der Waals surface area contributed by atoms with Crippen LogP contribution >= 0.6 is 0 Å². The van der Waals surface area contributed by atoms with Gasteiger partial charge in [-0.15, -0.1) is 0 Å². The van der Waals surface area contributed by atoms with E-state index in [-0.39, 0.29) is 23.6 Å². The highest BCUT2D eigenvalue weighted by molar-refractivity contribution is 6.07. The van der Waals surface area contributed by atoms with Crippen LogP contribution in [-0.4, -0.2) is 70.2 Å². The van der Waals surface area contributed by atoms with Crippen LogP contribution in [-0.2, 0) is 24.8 Å². The van der Waals surface area contributed by atoms with E-state index >= 15 is 0 Å². The zero-order valence-electron chi connectivity index (χ0n) is 26.9. The van der Waals surface area contributed by atoms with Crippen LogP contribution in [0.2, 0.25) is 0 Å². The lowest BCUT2D eigenvalue weighted by Gasteiger charge is -2.40. The summed E-state index contributed by atoms with van der Waals surface area (Å²) in [7, 11) is 1.85. The number of nitrogens with one attached hydrogen (secondary N) is 1. The van der Waals surface area contributed by atoms with E-state index in [1.54, 1.807) is 36.4 Å². The van der Waals surface area contributed by atoms with Crippen molar-refractivity contribution in [3.8, 4) is 23.1 Å². The maximum atomic E-state index is 14.6. The topological polar surface area (TPSA) is 111 Å². The summed E-state index contributed by atoms with van der Waals surface area (Å²) >= 11 is 0. The number of amides is 2. The normalized spacial score (nSPS) is 16.1. The monoisotopic (exact) mass is 619 g/mol. The smallest absolute Gasteiger partial charge is 0.257 e. The van der Waals surface area contributed by atoms with E-state index in [2.05, 4.69) is 28.4 Å². The van der Waals surface area contributed by atoms with Crippen LogP contribution < -0.4 is 5.32 Å². The summed E-state index contributed by atoms with van der Waals surface area (Å²) in [5, 5.41) is 22.2. The van der Waals surface area contributed by atoms with Gasteiger partial charge in [-0.2, -0.15) is 5.26 Å². The van der Waals surface area contributed by atoms with Gasteiger partial charge in [0, 0.05) is 67.5 Å². The van der Waals surface area contributed by atoms with Crippen LogP contribution in [0.25, 0.3) is 11.3 Å². The highest BCUT2D eigenvalue weighted by atomic mass is 16.5. The number of nitrogens with zero attached hydrogens (tertiary/aromatic N) is 4. The molecule has 3 aromatic carbocycles. The zero-order chi connectivity index (χ0) is 32.8. The maximum Gasteiger partial charge on any atom is 0.257 e. The molecule has 9 nitrogen and oxygen atoms in total. The summed E-state index contributed by atoms with van der Waals surface area (Å²) in [6.07, 6.45) is 0.760. The van der Waals surface area contributed by atoms with Gasteiger partial charge in [0.25, 0.3) is 11.8 Å². The highest BCUT2D eigenvalue weighted by Gasteiger charge is 2.33. The largest absolute Gasteiger partial charge is 0.508 e. The Balaban J connectivity index is 0.00000204. The first kappa shape index (κ1) is 32.5. The predicted molar refractivity (Wildman–Crippen MR) is 179 cm³/mol. The summed E-state index contributed by atoms with van der Waals surface area (Å²) in [6, 6.07) is 23.7. The van der Waals surface area contributed by atoms with E-state index < -0.39 is 0 Å². The van der Waals surface area contributed by atoms with E-state index in [9.17, 15) is 20.0 Å². The average molecular weight is 620 g/mol. The molecule has 4 aromatic rings. The number of nitriles is 1. The van der Waals surface area contributed by atoms with Gasteiger partial charge in [0.2, 0.25) is 0 Å². The third-order valence-electron chi connectivity index (χ3n) is 8.75. The fourth-order valence-electron chi connectivity index (χ4n) is 6.17. The third-order valence-corrected chi connectivity index (χ3v) is 8.75. The van der Waals surface area contributed by atoms with Crippen molar-refractivity contribution in [2.24, 2.45) is 7.05 Å². The van der Waals surface area contributed by atoms with Crippen molar-refractivity contribution >= 4 is 17.5 Å². The second-order valence-corrected chi connectivity index (χ2v) is 11.4. The molecule has 1 atom stereocenters. The van der Waals surface area contributed by atoms with E-state index in [1.807, 2.05) is 49.4 Å². The first-order valence-electron chi connectivity index (χ1n) is 15.8. The Morgan fingerprint density at radius 2 is 1.67 bits per heavy atom. The van der Waals surface area contributed by atoms with Crippen molar-refractivity contribution in [1.82, 2.24) is 14.4 Å². The Labute approximate surface area is 270 Å². The minimum Gasteiger partial charge on any atom is -0.508 e. The molecule has 2 aliphatic rings.